The van der Waals surface area contributed by atoms with Gasteiger partial charge in [-0.25, -0.2) is 0 Å². The molecule has 0 saturated heterocycles. The lowest BCUT2D eigenvalue weighted by Crippen LogP contribution is -2.28. The second-order valence-corrected chi connectivity index (χ2v) is 6.69. The quantitative estimate of drug-likeness (QED) is 0.613. The molecule has 0 heterocycles. The molecule has 0 aromatic heterocycles. The van der Waals surface area contributed by atoms with E-state index in [4.69, 9.17) is 4.74 Å². The molecule has 2 amide bonds. The molecule has 0 spiro atoms. The number of anilines is 1. The Morgan fingerprint density at radius 1 is 0.862 bits per heavy atom. The van der Waals surface area contributed by atoms with E-state index in [0.29, 0.717) is 23.5 Å². The number of hydrogen-bond donors (Lipinski definition) is 2. The number of amides is 2. The summed E-state index contributed by atoms with van der Waals surface area (Å²) in [5, 5.41) is 5.66. The number of nitrogens with one attached hydrogen (secondary N) is 2. The van der Waals surface area contributed by atoms with Crippen LogP contribution in [0.3, 0.4) is 0 Å². The molecule has 0 unspecified atom stereocenters. The molecule has 0 aliphatic rings. The summed E-state index contributed by atoms with van der Waals surface area (Å²) >= 11 is 0. The zero-order valence-corrected chi connectivity index (χ0v) is 16.4. The van der Waals surface area contributed by atoms with Gasteiger partial charge in [0.2, 0.25) is 0 Å². The van der Waals surface area contributed by atoms with Crippen molar-refractivity contribution in [1.29, 1.82) is 0 Å². The van der Waals surface area contributed by atoms with Crippen LogP contribution in [0.25, 0.3) is 0 Å². The first kappa shape index (κ1) is 20.1. The fourth-order valence-corrected chi connectivity index (χ4v) is 2.82. The van der Waals surface area contributed by atoms with Crippen LogP contribution in [0.4, 0.5) is 5.69 Å². The summed E-state index contributed by atoms with van der Waals surface area (Å²) in [6.07, 6.45) is 0.742. The van der Waals surface area contributed by atoms with E-state index in [-0.39, 0.29) is 18.4 Å². The van der Waals surface area contributed by atoms with Crippen LogP contribution in [0.2, 0.25) is 0 Å². The summed E-state index contributed by atoms with van der Waals surface area (Å²) in [5.41, 5.74) is 3.16. The molecule has 5 heteroatoms. The number of ether oxygens (including phenoxy) is 1. The van der Waals surface area contributed by atoms with Crippen molar-refractivity contribution in [1.82, 2.24) is 5.32 Å². The first-order valence-corrected chi connectivity index (χ1v) is 9.52. The monoisotopic (exact) mass is 388 g/mol. The third-order valence-corrected chi connectivity index (χ3v) is 4.38. The molecule has 3 aromatic rings. The van der Waals surface area contributed by atoms with Gasteiger partial charge >= 0.3 is 0 Å². The molecule has 5 nitrogen and oxygen atoms in total. The fraction of sp³-hybridized carbons (Fsp3) is 0.167. The standard InChI is InChI=1S/C24H24N2O3/c1-18-11-13-20(14-12-18)29-17-23(27)26-22-10-6-5-9-21(22)24(28)25-16-15-19-7-3-2-4-8-19/h2-14H,15-17H2,1H3,(H,25,28)(H,26,27). The molecular weight excluding hydrogens is 364 g/mol. The minimum Gasteiger partial charge on any atom is -0.484 e. The average molecular weight is 388 g/mol. The Balaban J connectivity index is 1.54. The van der Waals surface area contributed by atoms with Crippen molar-refractivity contribution in [3.05, 3.63) is 95.6 Å². The Hall–Kier alpha value is -3.60. The Bertz CT molecular complexity index is 953. The highest BCUT2D eigenvalue weighted by Gasteiger charge is 2.13. The fourth-order valence-electron chi connectivity index (χ4n) is 2.82. The maximum Gasteiger partial charge on any atom is 0.262 e. The second kappa shape index (κ2) is 10.1. The van der Waals surface area contributed by atoms with Gasteiger partial charge in [-0.1, -0.05) is 60.2 Å². The van der Waals surface area contributed by atoms with Gasteiger partial charge in [0.05, 0.1) is 11.3 Å². The summed E-state index contributed by atoms with van der Waals surface area (Å²) in [6, 6.07) is 24.4. The van der Waals surface area contributed by atoms with Gasteiger partial charge in [-0.05, 0) is 43.2 Å². The summed E-state index contributed by atoms with van der Waals surface area (Å²) in [5.74, 6) is 0.0732. The van der Waals surface area contributed by atoms with E-state index in [1.807, 2.05) is 61.5 Å². The molecule has 3 rings (SSSR count). The average Bonchev–Trinajstić information content (AvgIpc) is 2.74. The molecule has 2 N–H and O–H groups in total. The van der Waals surface area contributed by atoms with E-state index in [1.54, 1.807) is 24.3 Å². The molecule has 0 fully saturated rings. The largest absolute Gasteiger partial charge is 0.484 e. The molecular formula is C24H24N2O3. The van der Waals surface area contributed by atoms with Crippen molar-refractivity contribution in [2.45, 2.75) is 13.3 Å². The van der Waals surface area contributed by atoms with E-state index in [2.05, 4.69) is 10.6 Å². The highest BCUT2D eigenvalue weighted by atomic mass is 16.5. The van der Waals surface area contributed by atoms with Crippen molar-refractivity contribution in [3.8, 4) is 5.75 Å². The Morgan fingerprint density at radius 2 is 1.55 bits per heavy atom. The van der Waals surface area contributed by atoms with Crippen molar-refractivity contribution < 1.29 is 14.3 Å². The van der Waals surface area contributed by atoms with E-state index in [0.717, 1.165) is 17.5 Å². The van der Waals surface area contributed by atoms with Gasteiger partial charge in [-0.2, -0.15) is 0 Å². The van der Waals surface area contributed by atoms with Crippen LogP contribution >= 0.6 is 0 Å². The van der Waals surface area contributed by atoms with Gasteiger partial charge in [-0.15, -0.1) is 0 Å². The number of aryl methyl sites for hydroxylation is 1. The molecule has 0 aliphatic carbocycles. The molecule has 0 saturated carbocycles. The molecule has 0 bridgehead atoms. The van der Waals surface area contributed by atoms with E-state index < -0.39 is 0 Å². The summed E-state index contributed by atoms with van der Waals surface area (Å²) in [6.45, 7) is 2.37. The van der Waals surface area contributed by atoms with Crippen molar-refractivity contribution in [2.24, 2.45) is 0 Å². The SMILES string of the molecule is Cc1ccc(OCC(=O)Nc2ccccc2C(=O)NCCc2ccccc2)cc1. The molecule has 0 radical (unpaired) electrons. The van der Waals surface area contributed by atoms with Gasteiger partial charge in [-0.3, -0.25) is 9.59 Å². The molecule has 148 valence electrons. The summed E-state index contributed by atoms with van der Waals surface area (Å²) in [4.78, 5) is 24.8. The summed E-state index contributed by atoms with van der Waals surface area (Å²) < 4.78 is 5.50. The normalized spacial score (nSPS) is 10.2. The third kappa shape index (κ3) is 6.21. The van der Waals surface area contributed by atoms with Crippen molar-refractivity contribution in [2.75, 3.05) is 18.5 Å². The third-order valence-electron chi connectivity index (χ3n) is 4.38. The van der Waals surface area contributed by atoms with E-state index in [9.17, 15) is 9.59 Å². The van der Waals surface area contributed by atoms with Crippen LogP contribution in [0.15, 0.2) is 78.9 Å². The number of carbonyl (C=O) groups is 2. The van der Waals surface area contributed by atoms with E-state index in [1.165, 1.54) is 0 Å². The first-order valence-electron chi connectivity index (χ1n) is 9.52. The number of para-hydroxylation sites is 1. The van der Waals surface area contributed by atoms with Gasteiger partial charge < -0.3 is 15.4 Å². The molecule has 0 aliphatic heterocycles. The van der Waals surface area contributed by atoms with E-state index >= 15 is 0 Å². The topological polar surface area (TPSA) is 67.4 Å². The van der Waals surface area contributed by atoms with Gasteiger partial charge in [0.15, 0.2) is 6.61 Å². The van der Waals surface area contributed by atoms with Crippen LogP contribution < -0.4 is 15.4 Å². The maximum absolute atomic E-state index is 12.6. The van der Waals surface area contributed by atoms with Crippen molar-refractivity contribution >= 4 is 17.5 Å². The summed E-state index contributed by atoms with van der Waals surface area (Å²) in [7, 11) is 0. The lowest BCUT2D eigenvalue weighted by atomic mass is 10.1. The zero-order valence-electron chi connectivity index (χ0n) is 16.4. The predicted octanol–water partition coefficient (Wildman–Crippen LogP) is 3.99. The van der Waals surface area contributed by atoms with Crippen LogP contribution in [-0.4, -0.2) is 25.0 Å². The van der Waals surface area contributed by atoms with Gasteiger partial charge in [0.1, 0.15) is 5.75 Å². The Kier molecular flexibility index (Phi) is 7.00. The van der Waals surface area contributed by atoms with Crippen LogP contribution in [0.5, 0.6) is 5.75 Å². The lowest BCUT2D eigenvalue weighted by molar-refractivity contribution is -0.118. The Labute approximate surface area is 170 Å². The molecule has 3 aromatic carbocycles. The number of benzene rings is 3. The van der Waals surface area contributed by atoms with Crippen molar-refractivity contribution in [3.63, 3.8) is 0 Å². The lowest BCUT2D eigenvalue weighted by Gasteiger charge is -2.12. The Morgan fingerprint density at radius 3 is 2.31 bits per heavy atom. The highest BCUT2D eigenvalue weighted by Crippen LogP contribution is 2.16. The smallest absolute Gasteiger partial charge is 0.262 e. The number of carbonyl (C=O) groups excluding carboxylic acids is 2. The predicted molar refractivity (Wildman–Crippen MR) is 114 cm³/mol. The van der Waals surface area contributed by atoms with Crippen LogP contribution in [-0.2, 0) is 11.2 Å². The minimum atomic E-state index is -0.324. The van der Waals surface area contributed by atoms with Crippen LogP contribution in [0.1, 0.15) is 21.5 Å². The first-order chi connectivity index (χ1) is 14.1. The van der Waals surface area contributed by atoms with Crippen LogP contribution in [0, 0.1) is 6.92 Å². The number of hydrogen-bond acceptors (Lipinski definition) is 3. The molecule has 29 heavy (non-hydrogen) atoms. The maximum atomic E-state index is 12.6. The van der Waals surface area contributed by atoms with Gasteiger partial charge in [0, 0.05) is 6.54 Å². The second-order valence-electron chi connectivity index (χ2n) is 6.69. The highest BCUT2D eigenvalue weighted by molar-refractivity contribution is 6.04. The van der Waals surface area contributed by atoms with Gasteiger partial charge in [0.25, 0.3) is 11.8 Å². The minimum absolute atomic E-state index is 0.132. The zero-order chi connectivity index (χ0) is 20.5. The number of rotatable bonds is 8. The molecule has 0 atom stereocenters.